The standard InChI is InChI=1S/C21H19N3O4S/c1-3-24-15-20(14-22-24)29(26,27)23-19-9-5-7-17(13-19)11-10-16-6-4-8-18(12-16)21(25)28-2/h4-9,12-15,23H,3H2,1-2H3. The van der Waals surface area contributed by atoms with Crippen LogP contribution in [0.25, 0.3) is 0 Å². The number of anilines is 1. The lowest BCUT2D eigenvalue weighted by atomic mass is 10.1. The number of rotatable bonds is 5. The van der Waals surface area contributed by atoms with Gasteiger partial charge in [-0.15, -0.1) is 0 Å². The number of carbonyl (C=O) groups excluding carboxylic acids is 1. The van der Waals surface area contributed by atoms with E-state index in [0.717, 1.165) is 0 Å². The number of benzene rings is 2. The predicted molar refractivity (Wildman–Crippen MR) is 109 cm³/mol. The van der Waals surface area contributed by atoms with Crippen molar-refractivity contribution in [2.45, 2.75) is 18.4 Å². The van der Waals surface area contributed by atoms with Crippen molar-refractivity contribution in [1.29, 1.82) is 0 Å². The number of carbonyl (C=O) groups is 1. The van der Waals surface area contributed by atoms with E-state index in [-0.39, 0.29) is 4.90 Å². The molecule has 0 aliphatic heterocycles. The van der Waals surface area contributed by atoms with E-state index in [1.165, 1.54) is 19.5 Å². The van der Waals surface area contributed by atoms with Crippen LogP contribution in [-0.2, 0) is 21.3 Å². The Hall–Kier alpha value is -3.57. The molecule has 3 rings (SSSR count). The fraction of sp³-hybridized carbons (Fsp3) is 0.143. The molecule has 29 heavy (non-hydrogen) atoms. The van der Waals surface area contributed by atoms with Gasteiger partial charge in [0.25, 0.3) is 10.0 Å². The first-order chi connectivity index (χ1) is 13.9. The molecule has 0 amide bonds. The molecule has 0 spiro atoms. The maximum absolute atomic E-state index is 12.5. The minimum Gasteiger partial charge on any atom is -0.465 e. The van der Waals surface area contributed by atoms with Crippen LogP contribution < -0.4 is 4.72 Å². The van der Waals surface area contributed by atoms with Gasteiger partial charge in [0.05, 0.1) is 24.6 Å². The van der Waals surface area contributed by atoms with Gasteiger partial charge >= 0.3 is 5.97 Å². The van der Waals surface area contributed by atoms with Gasteiger partial charge in [-0.05, 0) is 43.3 Å². The van der Waals surface area contributed by atoms with Gasteiger partial charge < -0.3 is 4.74 Å². The summed E-state index contributed by atoms with van der Waals surface area (Å²) in [6.45, 7) is 2.46. The molecule has 2 aromatic carbocycles. The first-order valence-electron chi connectivity index (χ1n) is 8.77. The number of hydrogen-bond donors (Lipinski definition) is 1. The smallest absolute Gasteiger partial charge is 0.337 e. The van der Waals surface area contributed by atoms with E-state index in [1.807, 2.05) is 6.92 Å². The van der Waals surface area contributed by atoms with Crippen LogP contribution in [0.3, 0.4) is 0 Å². The van der Waals surface area contributed by atoms with Gasteiger partial charge in [0.15, 0.2) is 0 Å². The van der Waals surface area contributed by atoms with E-state index >= 15 is 0 Å². The van der Waals surface area contributed by atoms with Crippen molar-refractivity contribution in [1.82, 2.24) is 9.78 Å². The lowest BCUT2D eigenvalue weighted by molar-refractivity contribution is 0.0600. The Morgan fingerprint density at radius 3 is 2.48 bits per heavy atom. The quantitative estimate of drug-likeness (QED) is 0.517. The molecule has 0 fully saturated rings. The van der Waals surface area contributed by atoms with Gasteiger partial charge in [-0.1, -0.05) is 24.0 Å². The average Bonchev–Trinajstić information content (AvgIpc) is 3.22. The van der Waals surface area contributed by atoms with Crippen LogP contribution in [0.2, 0.25) is 0 Å². The number of hydrogen-bond acceptors (Lipinski definition) is 5. The summed E-state index contributed by atoms with van der Waals surface area (Å²) in [6, 6.07) is 13.5. The van der Waals surface area contributed by atoms with E-state index in [9.17, 15) is 13.2 Å². The monoisotopic (exact) mass is 409 g/mol. The van der Waals surface area contributed by atoms with Crippen LogP contribution in [0.15, 0.2) is 65.8 Å². The molecule has 1 aromatic heterocycles. The second-order valence-corrected chi connectivity index (χ2v) is 7.72. The number of sulfonamides is 1. The third-order valence-corrected chi connectivity index (χ3v) is 5.33. The van der Waals surface area contributed by atoms with E-state index in [1.54, 1.807) is 53.2 Å². The van der Waals surface area contributed by atoms with Crippen molar-refractivity contribution in [3.05, 3.63) is 77.6 Å². The lowest BCUT2D eigenvalue weighted by Crippen LogP contribution is -2.12. The number of aromatic nitrogens is 2. The highest BCUT2D eigenvalue weighted by molar-refractivity contribution is 7.92. The van der Waals surface area contributed by atoms with E-state index < -0.39 is 16.0 Å². The molecule has 0 bridgehead atoms. The highest BCUT2D eigenvalue weighted by Crippen LogP contribution is 2.17. The summed E-state index contributed by atoms with van der Waals surface area (Å²) in [6.07, 6.45) is 2.78. The summed E-state index contributed by atoms with van der Waals surface area (Å²) >= 11 is 0. The van der Waals surface area contributed by atoms with Crippen LogP contribution in [0.4, 0.5) is 5.69 Å². The molecule has 1 heterocycles. The molecular formula is C21H19N3O4S. The first kappa shape index (κ1) is 20.2. The van der Waals surface area contributed by atoms with Crippen molar-refractivity contribution < 1.29 is 17.9 Å². The zero-order valence-electron chi connectivity index (χ0n) is 15.9. The van der Waals surface area contributed by atoms with Crippen molar-refractivity contribution in [2.75, 3.05) is 11.8 Å². The fourth-order valence-electron chi connectivity index (χ4n) is 2.52. The van der Waals surface area contributed by atoms with Crippen molar-refractivity contribution in [2.24, 2.45) is 0 Å². The molecule has 7 nitrogen and oxygen atoms in total. The summed E-state index contributed by atoms with van der Waals surface area (Å²) in [5, 5.41) is 3.99. The summed E-state index contributed by atoms with van der Waals surface area (Å²) in [4.78, 5) is 11.7. The summed E-state index contributed by atoms with van der Waals surface area (Å²) in [5.41, 5.74) is 2.07. The number of nitrogens with zero attached hydrogens (tertiary/aromatic N) is 2. The normalized spacial score (nSPS) is 10.7. The van der Waals surface area contributed by atoms with Gasteiger partial charge in [-0.25, -0.2) is 13.2 Å². The van der Waals surface area contributed by atoms with Crippen molar-refractivity contribution in [3.63, 3.8) is 0 Å². The Balaban J connectivity index is 1.80. The Morgan fingerprint density at radius 2 is 1.83 bits per heavy atom. The molecule has 0 atom stereocenters. The van der Waals surface area contributed by atoms with Crippen molar-refractivity contribution in [3.8, 4) is 11.8 Å². The predicted octanol–water partition coefficient (Wildman–Crippen LogP) is 2.89. The molecule has 3 aromatic rings. The van der Waals surface area contributed by atoms with Crippen LogP contribution in [-0.4, -0.2) is 31.3 Å². The largest absolute Gasteiger partial charge is 0.465 e. The number of nitrogens with one attached hydrogen (secondary N) is 1. The van der Waals surface area contributed by atoms with Crippen molar-refractivity contribution >= 4 is 21.7 Å². The highest BCUT2D eigenvalue weighted by atomic mass is 32.2. The van der Waals surface area contributed by atoms with Crippen LogP contribution in [0.5, 0.6) is 0 Å². The molecule has 0 unspecified atom stereocenters. The molecular weight excluding hydrogens is 390 g/mol. The van der Waals surface area contributed by atoms with E-state index in [2.05, 4.69) is 21.7 Å². The topological polar surface area (TPSA) is 90.3 Å². The summed E-state index contributed by atoms with van der Waals surface area (Å²) in [7, 11) is -2.42. The molecule has 0 saturated heterocycles. The van der Waals surface area contributed by atoms with Gasteiger partial charge in [0.2, 0.25) is 0 Å². The Bertz CT molecular complexity index is 1200. The second kappa shape index (κ2) is 8.63. The third-order valence-electron chi connectivity index (χ3n) is 3.99. The van der Waals surface area contributed by atoms with Gasteiger partial charge in [0.1, 0.15) is 4.90 Å². The van der Waals surface area contributed by atoms with Gasteiger partial charge in [-0.3, -0.25) is 9.40 Å². The van der Waals surface area contributed by atoms with Crippen LogP contribution >= 0.6 is 0 Å². The molecule has 8 heteroatoms. The maximum atomic E-state index is 12.5. The Labute approximate surface area is 169 Å². The highest BCUT2D eigenvalue weighted by Gasteiger charge is 2.16. The SMILES string of the molecule is CCn1cc(S(=O)(=O)Nc2cccc(C#Cc3cccc(C(=O)OC)c3)c2)cn1. The minimum absolute atomic E-state index is 0.0930. The van der Waals surface area contributed by atoms with Gasteiger partial charge in [-0.2, -0.15) is 5.10 Å². The molecule has 0 saturated carbocycles. The van der Waals surface area contributed by atoms with E-state index in [0.29, 0.717) is 28.9 Å². The third kappa shape index (κ3) is 5.03. The fourth-order valence-corrected chi connectivity index (χ4v) is 3.52. The van der Waals surface area contributed by atoms with Crippen LogP contribution in [0.1, 0.15) is 28.4 Å². The van der Waals surface area contributed by atoms with Gasteiger partial charge in [0, 0.05) is 23.9 Å². The first-order valence-corrected chi connectivity index (χ1v) is 10.3. The number of methoxy groups -OCH3 is 1. The number of aryl methyl sites for hydroxylation is 1. The minimum atomic E-state index is -3.74. The molecule has 148 valence electrons. The lowest BCUT2D eigenvalue weighted by Gasteiger charge is -2.06. The molecule has 0 radical (unpaired) electrons. The molecule has 1 N–H and O–H groups in total. The molecule has 0 aliphatic carbocycles. The Kier molecular flexibility index (Phi) is 6.00. The molecule has 0 aliphatic rings. The zero-order valence-corrected chi connectivity index (χ0v) is 16.7. The summed E-state index contributed by atoms with van der Waals surface area (Å²) < 4.78 is 33.8. The maximum Gasteiger partial charge on any atom is 0.337 e. The number of esters is 1. The van der Waals surface area contributed by atoms with E-state index in [4.69, 9.17) is 4.74 Å². The van der Waals surface area contributed by atoms with Crippen LogP contribution in [0, 0.1) is 11.8 Å². The number of ether oxygens (including phenoxy) is 1. The summed E-state index contributed by atoms with van der Waals surface area (Å²) in [5.74, 6) is 5.50. The zero-order chi connectivity index (χ0) is 20.9. The second-order valence-electron chi connectivity index (χ2n) is 6.04. The Morgan fingerprint density at radius 1 is 1.14 bits per heavy atom. The average molecular weight is 409 g/mol.